The van der Waals surface area contributed by atoms with Gasteiger partial charge in [-0.3, -0.25) is 4.79 Å². The summed E-state index contributed by atoms with van der Waals surface area (Å²) in [6, 6.07) is 13.7. The van der Waals surface area contributed by atoms with Crippen LogP contribution in [0.5, 0.6) is 5.75 Å². The lowest BCUT2D eigenvalue weighted by molar-refractivity contribution is 0.0926. The molecule has 1 heterocycles. The van der Waals surface area contributed by atoms with E-state index in [1.807, 2.05) is 38.1 Å². The lowest BCUT2D eigenvalue weighted by Gasteiger charge is -2.20. The number of carbonyl (C=O) groups excluding carboxylic acids is 1. The molecule has 1 amide bonds. The van der Waals surface area contributed by atoms with Crippen molar-refractivity contribution in [3.05, 3.63) is 59.7 Å². The number of amides is 1. The molecule has 0 aliphatic carbocycles. The molecule has 1 unspecified atom stereocenters. The van der Waals surface area contributed by atoms with Gasteiger partial charge in [-0.15, -0.1) is 0 Å². The number of hydrogen-bond acceptors (Lipinski definition) is 4. The zero-order valence-corrected chi connectivity index (χ0v) is 18.5. The zero-order chi connectivity index (χ0) is 21.6. The van der Waals surface area contributed by atoms with E-state index in [0.29, 0.717) is 25.3 Å². The van der Waals surface area contributed by atoms with Crippen LogP contribution < -0.4 is 10.1 Å². The molecule has 0 aromatic heterocycles. The van der Waals surface area contributed by atoms with Gasteiger partial charge in [-0.05, 0) is 56.5 Å². The third-order valence-electron chi connectivity index (χ3n) is 5.26. The van der Waals surface area contributed by atoms with Gasteiger partial charge in [0.1, 0.15) is 12.4 Å². The van der Waals surface area contributed by atoms with Crippen LogP contribution in [0.4, 0.5) is 0 Å². The van der Waals surface area contributed by atoms with Gasteiger partial charge in [0.15, 0.2) is 0 Å². The molecule has 3 rings (SSSR count). The van der Waals surface area contributed by atoms with E-state index >= 15 is 0 Å². The first-order valence-electron chi connectivity index (χ1n) is 10.5. The van der Waals surface area contributed by atoms with Gasteiger partial charge in [-0.2, -0.15) is 4.31 Å². The summed E-state index contributed by atoms with van der Waals surface area (Å²) in [6.45, 7) is 5.21. The van der Waals surface area contributed by atoms with Crippen molar-refractivity contribution >= 4 is 15.9 Å². The Morgan fingerprint density at radius 1 is 1.07 bits per heavy atom. The number of nitrogens with zero attached hydrogens (tertiary/aromatic N) is 1. The van der Waals surface area contributed by atoms with Crippen LogP contribution in [0.1, 0.15) is 48.5 Å². The standard InChI is InChI=1S/C23H30N2O4S/c1-18-10-5-6-13-22(18)29-17-19(2)24-23(26)20-11-9-12-21(16-20)30(27,28)25-14-7-3-4-8-15-25/h5-6,9-13,16,19H,3-4,7-8,14-15,17H2,1-2H3,(H,24,26). The Bertz CT molecular complexity index is 967. The van der Waals surface area contributed by atoms with E-state index in [4.69, 9.17) is 4.74 Å². The van der Waals surface area contributed by atoms with Crippen LogP contribution >= 0.6 is 0 Å². The van der Waals surface area contributed by atoms with Crippen molar-refractivity contribution in [2.24, 2.45) is 0 Å². The minimum Gasteiger partial charge on any atom is -0.491 e. The normalized spacial score (nSPS) is 16.5. The van der Waals surface area contributed by atoms with Crippen molar-refractivity contribution in [1.82, 2.24) is 9.62 Å². The quantitative estimate of drug-likeness (QED) is 0.726. The number of hydrogen-bond donors (Lipinski definition) is 1. The fraction of sp³-hybridized carbons (Fsp3) is 0.435. The van der Waals surface area contributed by atoms with E-state index in [0.717, 1.165) is 37.0 Å². The van der Waals surface area contributed by atoms with E-state index in [9.17, 15) is 13.2 Å². The van der Waals surface area contributed by atoms with Gasteiger partial charge in [-0.25, -0.2) is 8.42 Å². The molecule has 1 saturated heterocycles. The molecule has 2 aromatic carbocycles. The molecule has 0 spiro atoms. The van der Waals surface area contributed by atoms with Crippen LogP contribution in [-0.4, -0.2) is 44.4 Å². The van der Waals surface area contributed by atoms with Gasteiger partial charge in [0, 0.05) is 18.7 Å². The molecule has 0 bridgehead atoms. The maximum atomic E-state index is 13.0. The van der Waals surface area contributed by atoms with Gasteiger partial charge in [0.05, 0.1) is 10.9 Å². The molecular formula is C23H30N2O4S. The Kier molecular flexibility index (Phi) is 7.50. The number of nitrogens with one attached hydrogen (secondary N) is 1. The molecule has 162 valence electrons. The van der Waals surface area contributed by atoms with Crippen molar-refractivity contribution < 1.29 is 17.9 Å². The lowest BCUT2D eigenvalue weighted by Crippen LogP contribution is -2.37. The Morgan fingerprint density at radius 2 is 1.77 bits per heavy atom. The SMILES string of the molecule is Cc1ccccc1OCC(C)NC(=O)c1cccc(S(=O)(=O)N2CCCCCC2)c1. The highest BCUT2D eigenvalue weighted by atomic mass is 32.2. The first kappa shape index (κ1) is 22.3. The average Bonchev–Trinajstić information content (AvgIpc) is 3.03. The topological polar surface area (TPSA) is 75.7 Å². The third kappa shape index (κ3) is 5.61. The van der Waals surface area contributed by atoms with Crippen molar-refractivity contribution in [2.75, 3.05) is 19.7 Å². The van der Waals surface area contributed by atoms with Crippen molar-refractivity contribution in [1.29, 1.82) is 0 Å². The first-order chi connectivity index (χ1) is 14.4. The maximum absolute atomic E-state index is 13.0. The van der Waals surface area contributed by atoms with E-state index < -0.39 is 10.0 Å². The van der Waals surface area contributed by atoms with Gasteiger partial charge >= 0.3 is 0 Å². The Labute approximate surface area is 179 Å². The largest absolute Gasteiger partial charge is 0.491 e. The van der Waals surface area contributed by atoms with E-state index in [2.05, 4.69) is 5.32 Å². The molecule has 1 aliphatic rings. The highest BCUT2D eigenvalue weighted by Crippen LogP contribution is 2.21. The highest BCUT2D eigenvalue weighted by molar-refractivity contribution is 7.89. The Hall–Kier alpha value is -2.38. The van der Waals surface area contributed by atoms with Crippen LogP contribution in [0, 0.1) is 6.92 Å². The third-order valence-corrected chi connectivity index (χ3v) is 7.15. The number of aryl methyl sites for hydroxylation is 1. The summed E-state index contributed by atoms with van der Waals surface area (Å²) >= 11 is 0. The summed E-state index contributed by atoms with van der Waals surface area (Å²) in [4.78, 5) is 12.8. The molecule has 1 fully saturated rings. The minimum absolute atomic E-state index is 0.167. The van der Waals surface area contributed by atoms with Gasteiger partial charge in [0.2, 0.25) is 10.0 Å². The highest BCUT2D eigenvalue weighted by Gasteiger charge is 2.26. The molecule has 6 nitrogen and oxygen atoms in total. The summed E-state index contributed by atoms with van der Waals surface area (Å²) < 4.78 is 33.3. The van der Waals surface area contributed by atoms with E-state index in [-0.39, 0.29) is 16.8 Å². The number of benzene rings is 2. The molecule has 1 N–H and O–H groups in total. The number of ether oxygens (including phenoxy) is 1. The average molecular weight is 431 g/mol. The molecule has 0 radical (unpaired) electrons. The smallest absolute Gasteiger partial charge is 0.251 e. The second-order valence-corrected chi connectivity index (χ2v) is 9.74. The predicted molar refractivity (Wildman–Crippen MR) is 117 cm³/mol. The van der Waals surface area contributed by atoms with E-state index in [1.165, 1.54) is 10.4 Å². The summed E-state index contributed by atoms with van der Waals surface area (Å²) in [5.74, 6) is 0.466. The maximum Gasteiger partial charge on any atom is 0.251 e. The number of sulfonamides is 1. The van der Waals surface area contributed by atoms with Crippen molar-refractivity contribution in [2.45, 2.75) is 50.5 Å². The Balaban J connectivity index is 1.64. The second kappa shape index (κ2) is 10.1. The van der Waals surface area contributed by atoms with Crippen LogP contribution in [0.15, 0.2) is 53.4 Å². The Morgan fingerprint density at radius 3 is 2.47 bits per heavy atom. The van der Waals surface area contributed by atoms with Gasteiger partial charge < -0.3 is 10.1 Å². The molecule has 7 heteroatoms. The molecule has 30 heavy (non-hydrogen) atoms. The molecule has 1 atom stereocenters. The summed E-state index contributed by atoms with van der Waals surface area (Å²) in [6.07, 6.45) is 3.85. The summed E-state index contributed by atoms with van der Waals surface area (Å²) in [5.41, 5.74) is 1.36. The molecule has 2 aromatic rings. The van der Waals surface area contributed by atoms with Crippen LogP contribution in [-0.2, 0) is 10.0 Å². The second-order valence-electron chi connectivity index (χ2n) is 7.80. The monoisotopic (exact) mass is 430 g/mol. The van der Waals surface area contributed by atoms with Crippen molar-refractivity contribution in [3.63, 3.8) is 0 Å². The van der Waals surface area contributed by atoms with Crippen LogP contribution in [0.3, 0.4) is 0 Å². The minimum atomic E-state index is -3.59. The van der Waals surface area contributed by atoms with Crippen molar-refractivity contribution in [3.8, 4) is 5.75 Å². The molecule has 1 aliphatic heterocycles. The zero-order valence-electron chi connectivity index (χ0n) is 17.6. The number of carbonyl (C=O) groups is 1. The summed E-state index contributed by atoms with van der Waals surface area (Å²) in [7, 11) is -3.59. The van der Waals surface area contributed by atoms with Crippen LogP contribution in [0.25, 0.3) is 0 Å². The van der Waals surface area contributed by atoms with Gasteiger partial charge in [0.25, 0.3) is 5.91 Å². The van der Waals surface area contributed by atoms with Crippen LogP contribution in [0.2, 0.25) is 0 Å². The van der Waals surface area contributed by atoms with Gasteiger partial charge in [-0.1, -0.05) is 37.1 Å². The fourth-order valence-electron chi connectivity index (χ4n) is 3.51. The fourth-order valence-corrected chi connectivity index (χ4v) is 5.07. The summed E-state index contributed by atoms with van der Waals surface area (Å²) in [5, 5.41) is 2.88. The predicted octanol–water partition coefficient (Wildman–Crippen LogP) is 3.76. The first-order valence-corrected chi connectivity index (χ1v) is 11.9. The lowest BCUT2D eigenvalue weighted by atomic mass is 10.2. The number of para-hydroxylation sites is 1. The van der Waals surface area contributed by atoms with E-state index in [1.54, 1.807) is 18.2 Å². The molecule has 0 saturated carbocycles. The molecular weight excluding hydrogens is 400 g/mol. The number of rotatable bonds is 7.